The lowest BCUT2D eigenvalue weighted by atomic mass is 9.96. The predicted octanol–water partition coefficient (Wildman–Crippen LogP) is 3.11. The summed E-state index contributed by atoms with van der Waals surface area (Å²) in [6, 6.07) is 0.788. The third-order valence-corrected chi connectivity index (χ3v) is 4.22. The van der Waals surface area contributed by atoms with Gasteiger partial charge in [0.15, 0.2) is 0 Å². The number of nitrogens with one attached hydrogen (secondary N) is 1. The van der Waals surface area contributed by atoms with E-state index in [1.165, 1.54) is 51.4 Å². The molecule has 0 radical (unpaired) electrons. The van der Waals surface area contributed by atoms with Crippen LogP contribution in [-0.4, -0.2) is 25.3 Å². The van der Waals surface area contributed by atoms with Crippen LogP contribution in [-0.2, 0) is 4.74 Å². The molecule has 2 fully saturated rings. The highest BCUT2D eigenvalue weighted by Gasteiger charge is 2.27. The van der Waals surface area contributed by atoms with E-state index >= 15 is 0 Å². The third kappa shape index (κ3) is 3.46. The molecule has 2 aliphatic rings. The van der Waals surface area contributed by atoms with Gasteiger partial charge in [0.1, 0.15) is 0 Å². The minimum Gasteiger partial charge on any atom is -0.377 e. The zero-order chi connectivity index (χ0) is 11.2. The average molecular weight is 225 g/mol. The molecular weight excluding hydrogens is 198 g/mol. The molecule has 2 heteroatoms. The van der Waals surface area contributed by atoms with Gasteiger partial charge < -0.3 is 10.1 Å². The quantitative estimate of drug-likeness (QED) is 0.750. The maximum Gasteiger partial charge on any atom is 0.0700 e. The van der Waals surface area contributed by atoms with Gasteiger partial charge in [-0.15, -0.1) is 0 Å². The summed E-state index contributed by atoms with van der Waals surface area (Å²) in [6.07, 6.45) is 11.5. The number of rotatable bonds is 6. The van der Waals surface area contributed by atoms with Gasteiger partial charge in [0.25, 0.3) is 0 Å². The molecule has 1 aliphatic heterocycles. The number of hydrogen-bond donors (Lipinski definition) is 1. The lowest BCUT2D eigenvalue weighted by Gasteiger charge is -2.22. The first-order valence-corrected chi connectivity index (χ1v) is 7.25. The molecule has 1 saturated carbocycles. The van der Waals surface area contributed by atoms with Crippen LogP contribution in [0, 0.1) is 5.92 Å². The molecule has 3 unspecified atom stereocenters. The summed E-state index contributed by atoms with van der Waals surface area (Å²) < 4.78 is 5.67. The van der Waals surface area contributed by atoms with Crippen LogP contribution in [0.15, 0.2) is 0 Å². The van der Waals surface area contributed by atoms with Crippen molar-refractivity contribution in [3.8, 4) is 0 Å². The summed E-state index contributed by atoms with van der Waals surface area (Å²) in [7, 11) is 0. The van der Waals surface area contributed by atoms with Gasteiger partial charge in [-0.3, -0.25) is 0 Å². The molecule has 1 aliphatic carbocycles. The van der Waals surface area contributed by atoms with E-state index in [4.69, 9.17) is 4.74 Å². The van der Waals surface area contributed by atoms with E-state index in [0.29, 0.717) is 6.10 Å². The van der Waals surface area contributed by atoms with Gasteiger partial charge in [0.05, 0.1) is 6.10 Å². The van der Waals surface area contributed by atoms with Crippen LogP contribution in [0.5, 0.6) is 0 Å². The fourth-order valence-corrected chi connectivity index (χ4v) is 3.21. The largest absolute Gasteiger partial charge is 0.377 e. The Morgan fingerprint density at radius 3 is 2.88 bits per heavy atom. The van der Waals surface area contributed by atoms with E-state index in [9.17, 15) is 0 Å². The summed E-state index contributed by atoms with van der Waals surface area (Å²) in [5, 5.41) is 3.76. The second kappa shape index (κ2) is 6.61. The van der Waals surface area contributed by atoms with Crippen molar-refractivity contribution in [1.29, 1.82) is 0 Å². The monoisotopic (exact) mass is 225 g/mol. The van der Waals surface area contributed by atoms with Crippen molar-refractivity contribution in [2.24, 2.45) is 5.92 Å². The standard InChI is InChI=1S/C14H27NO/c1-2-3-6-12-7-4-9-14(12)15-11-13-8-5-10-16-13/h12-15H,2-11H2,1H3. The minimum atomic E-state index is 0.507. The molecule has 16 heavy (non-hydrogen) atoms. The van der Waals surface area contributed by atoms with E-state index < -0.39 is 0 Å². The van der Waals surface area contributed by atoms with Gasteiger partial charge in [0, 0.05) is 19.2 Å². The molecular formula is C14H27NO. The second-order valence-corrected chi connectivity index (χ2v) is 5.48. The number of ether oxygens (including phenoxy) is 1. The molecule has 0 amide bonds. The van der Waals surface area contributed by atoms with Crippen molar-refractivity contribution < 1.29 is 4.74 Å². The molecule has 0 spiro atoms. The predicted molar refractivity (Wildman–Crippen MR) is 67.6 cm³/mol. The van der Waals surface area contributed by atoms with Gasteiger partial charge in [-0.25, -0.2) is 0 Å². The van der Waals surface area contributed by atoms with Gasteiger partial charge >= 0.3 is 0 Å². The first-order chi connectivity index (χ1) is 7.90. The van der Waals surface area contributed by atoms with Crippen LogP contribution in [0.4, 0.5) is 0 Å². The highest BCUT2D eigenvalue weighted by molar-refractivity contribution is 4.84. The average Bonchev–Trinajstić information content (AvgIpc) is 2.94. The van der Waals surface area contributed by atoms with Gasteiger partial charge in [0.2, 0.25) is 0 Å². The lowest BCUT2D eigenvalue weighted by Crippen LogP contribution is -2.37. The molecule has 1 heterocycles. The summed E-state index contributed by atoms with van der Waals surface area (Å²) >= 11 is 0. The molecule has 0 aromatic rings. The Morgan fingerprint density at radius 2 is 2.12 bits per heavy atom. The summed E-state index contributed by atoms with van der Waals surface area (Å²) in [6.45, 7) is 4.37. The fraction of sp³-hybridized carbons (Fsp3) is 1.00. The highest BCUT2D eigenvalue weighted by atomic mass is 16.5. The van der Waals surface area contributed by atoms with E-state index in [1.807, 2.05) is 0 Å². The summed E-state index contributed by atoms with van der Waals surface area (Å²) in [4.78, 5) is 0. The molecule has 0 aromatic carbocycles. The molecule has 2 nitrogen and oxygen atoms in total. The van der Waals surface area contributed by atoms with E-state index in [-0.39, 0.29) is 0 Å². The topological polar surface area (TPSA) is 21.3 Å². The Balaban J connectivity index is 1.66. The SMILES string of the molecule is CCCCC1CCCC1NCC1CCCO1. The van der Waals surface area contributed by atoms with Crippen molar-refractivity contribution in [2.45, 2.75) is 70.4 Å². The van der Waals surface area contributed by atoms with Gasteiger partial charge in [-0.05, 0) is 38.0 Å². The van der Waals surface area contributed by atoms with Crippen LogP contribution < -0.4 is 5.32 Å². The van der Waals surface area contributed by atoms with Gasteiger partial charge in [-0.2, -0.15) is 0 Å². The van der Waals surface area contributed by atoms with Crippen molar-refractivity contribution in [3.63, 3.8) is 0 Å². The Hall–Kier alpha value is -0.0800. The molecule has 0 bridgehead atoms. The normalized spacial score (nSPS) is 34.7. The summed E-state index contributed by atoms with van der Waals surface area (Å²) in [5.74, 6) is 0.946. The zero-order valence-corrected chi connectivity index (χ0v) is 10.7. The molecule has 0 aromatic heterocycles. The number of hydrogen-bond acceptors (Lipinski definition) is 2. The molecule has 1 saturated heterocycles. The van der Waals surface area contributed by atoms with Crippen molar-refractivity contribution in [3.05, 3.63) is 0 Å². The Morgan fingerprint density at radius 1 is 1.19 bits per heavy atom. The van der Waals surface area contributed by atoms with E-state index in [0.717, 1.165) is 25.1 Å². The van der Waals surface area contributed by atoms with Crippen molar-refractivity contribution >= 4 is 0 Å². The molecule has 1 N–H and O–H groups in total. The molecule has 2 rings (SSSR count). The fourth-order valence-electron chi connectivity index (χ4n) is 3.21. The van der Waals surface area contributed by atoms with Crippen LogP contribution in [0.25, 0.3) is 0 Å². The smallest absolute Gasteiger partial charge is 0.0700 e. The van der Waals surface area contributed by atoms with Crippen LogP contribution in [0.3, 0.4) is 0 Å². The number of unbranched alkanes of at least 4 members (excludes halogenated alkanes) is 1. The maximum absolute atomic E-state index is 5.67. The van der Waals surface area contributed by atoms with Crippen LogP contribution in [0.1, 0.15) is 58.3 Å². The molecule has 94 valence electrons. The van der Waals surface area contributed by atoms with E-state index in [1.54, 1.807) is 0 Å². The highest BCUT2D eigenvalue weighted by Crippen LogP contribution is 2.30. The second-order valence-electron chi connectivity index (χ2n) is 5.48. The van der Waals surface area contributed by atoms with Crippen molar-refractivity contribution in [1.82, 2.24) is 5.32 Å². The van der Waals surface area contributed by atoms with Crippen LogP contribution >= 0.6 is 0 Å². The molecule has 3 atom stereocenters. The first-order valence-electron chi connectivity index (χ1n) is 7.25. The Labute approximate surface area is 100 Å². The van der Waals surface area contributed by atoms with E-state index in [2.05, 4.69) is 12.2 Å². The zero-order valence-electron chi connectivity index (χ0n) is 10.7. The summed E-state index contributed by atoms with van der Waals surface area (Å²) in [5.41, 5.74) is 0. The Kier molecular flexibility index (Phi) is 5.11. The third-order valence-electron chi connectivity index (χ3n) is 4.22. The maximum atomic E-state index is 5.67. The van der Waals surface area contributed by atoms with Crippen molar-refractivity contribution in [2.75, 3.05) is 13.2 Å². The minimum absolute atomic E-state index is 0.507. The lowest BCUT2D eigenvalue weighted by molar-refractivity contribution is 0.105. The van der Waals surface area contributed by atoms with Crippen LogP contribution in [0.2, 0.25) is 0 Å². The van der Waals surface area contributed by atoms with Gasteiger partial charge in [-0.1, -0.05) is 26.2 Å². The Bertz CT molecular complexity index is 189. The first kappa shape index (κ1) is 12.4.